The summed E-state index contributed by atoms with van der Waals surface area (Å²) >= 11 is 1.40. The molecule has 1 N–H and O–H groups in total. The standard InChI is InChI=1S/C15H18N2O2S/c1-4-19-15(18)13-14(20-9-16-13)17-12-8-6-5-7-11(12)10(2)3/h5-10,17H,4H2,1-3H3. The quantitative estimate of drug-likeness (QED) is 0.839. The number of nitrogens with zero attached hydrogens (tertiary/aromatic N) is 1. The molecule has 0 amide bonds. The normalized spacial score (nSPS) is 10.6. The van der Waals surface area contributed by atoms with Gasteiger partial charge in [0.1, 0.15) is 5.00 Å². The summed E-state index contributed by atoms with van der Waals surface area (Å²) in [6.07, 6.45) is 0. The summed E-state index contributed by atoms with van der Waals surface area (Å²) < 4.78 is 5.01. The van der Waals surface area contributed by atoms with Crippen LogP contribution in [0.2, 0.25) is 0 Å². The van der Waals surface area contributed by atoms with Crippen LogP contribution in [0.3, 0.4) is 0 Å². The van der Waals surface area contributed by atoms with Crippen molar-refractivity contribution in [1.29, 1.82) is 0 Å². The van der Waals surface area contributed by atoms with E-state index < -0.39 is 5.97 Å². The predicted molar refractivity (Wildman–Crippen MR) is 81.9 cm³/mol. The lowest BCUT2D eigenvalue weighted by Crippen LogP contribution is -2.08. The SMILES string of the molecule is CCOC(=O)c1ncsc1Nc1ccccc1C(C)C. The number of hydrogen-bond donors (Lipinski definition) is 1. The van der Waals surface area contributed by atoms with E-state index in [1.165, 1.54) is 16.9 Å². The van der Waals surface area contributed by atoms with E-state index in [4.69, 9.17) is 4.74 Å². The lowest BCUT2D eigenvalue weighted by Gasteiger charge is -2.13. The molecule has 20 heavy (non-hydrogen) atoms. The Morgan fingerprint density at radius 3 is 2.85 bits per heavy atom. The average Bonchev–Trinajstić information content (AvgIpc) is 2.87. The second-order valence-corrected chi connectivity index (χ2v) is 5.47. The molecule has 1 heterocycles. The zero-order chi connectivity index (χ0) is 14.5. The van der Waals surface area contributed by atoms with Gasteiger partial charge in [-0.05, 0) is 24.5 Å². The monoisotopic (exact) mass is 290 g/mol. The number of hydrogen-bond acceptors (Lipinski definition) is 5. The van der Waals surface area contributed by atoms with Gasteiger partial charge in [-0.25, -0.2) is 9.78 Å². The van der Waals surface area contributed by atoms with Crippen LogP contribution in [-0.2, 0) is 4.74 Å². The molecule has 5 heteroatoms. The summed E-state index contributed by atoms with van der Waals surface area (Å²) in [4.78, 5) is 15.9. The molecule has 0 aliphatic rings. The molecule has 106 valence electrons. The smallest absolute Gasteiger partial charge is 0.360 e. The van der Waals surface area contributed by atoms with Crippen LogP contribution in [0.25, 0.3) is 0 Å². The predicted octanol–water partition coefficient (Wildman–Crippen LogP) is 4.19. The van der Waals surface area contributed by atoms with Gasteiger partial charge in [0, 0.05) is 5.69 Å². The number of carbonyl (C=O) groups is 1. The molecule has 0 aliphatic heterocycles. The Hall–Kier alpha value is -1.88. The highest BCUT2D eigenvalue weighted by Gasteiger charge is 2.17. The van der Waals surface area contributed by atoms with Crippen molar-refractivity contribution in [3.05, 3.63) is 41.0 Å². The first kappa shape index (κ1) is 14.5. The van der Waals surface area contributed by atoms with Crippen molar-refractivity contribution in [2.75, 3.05) is 11.9 Å². The third-order valence-electron chi connectivity index (χ3n) is 2.87. The third-order valence-corrected chi connectivity index (χ3v) is 3.61. The van der Waals surface area contributed by atoms with E-state index in [9.17, 15) is 4.79 Å². The molecular weight excluding hydrogens is 272 g/mol. The molecule has 0 spiro atoms. The first-order valence-corrected chi connectivity index (χ1v) is 7.48. The van der Waals surface area contributed by atoms with Gasteiger partial charge in [0.2, 0.25) is 0 Å². The summed E-state index contributed by atoms with van der Waals surface area (Å²) in [5.74, 6) is 0.0101. The van der Waals surface area contributed by atoms with Crippen molar-refractivity contribution in [1.82, 2.24) is 4.98 Å². The Balaban J connectivity index is 2.27. The molecular formula is C15H18N2O2S. The second-order valence-electron chi connectivity index (χ2n) is 4.62. The fourth-order valence-corrected chi connectivity index (χ4v) is 2.60. The van der Waals surface area contributed by atoms with E-state index in [-0.39, 0.29) is 0 Å². The molecule has 0 saturated carbocycles. The number of ether oxygens (including phenoxy) is 1. The molecule has 0 radical (unpaired) electrons. The maximum Gasteiger partial charge on any atom is 0.360 e. The zero-order valence-electron chi connectivity index (χ0n) is 11.8. The van der Waals surface area contributed by atoms with Crippen molar-refractivity contribution >= 4 is 28.0 Å². The van der Waals surface area contributed by atoms with Gasteiger partial charge in [-0.2, -0.15) is 0 Å². The summed E-state index contributed by atoms with van der Waals surface area (Å²) in [5, 5.41) is 4.02. The van der Waals surface area contributed by atoms with Crippen molar-refractivity contribution in [3.63, 3.8) is 0 Å². The lowest BCUT2D eigenvalue weighted by molar-refractivity contribution is 0.0521. The molecule has 0 unspecified atom stereocenters. The van der Waals surface area contributed by atoms with E-state index in [0.29, 0.717) is 18.2 Å². The number of benzene rings is 1. The highest BCUT2D eigenvalue weighted by atomic mass is 32.1. The Kier molecular flexibility index (Phi) is 4.74. The van der Waals surface area contributed by atoms with Gasteiger partial charge >= 0.3 is 5.97 Å². The second kappa shape index (κ2) is 6.52. The van der Waals surface area contributed by atoms with Crippen LogP contribution in [-0.4, -0.2) is 17.6 Å². The lowest BCUT2D eigenvalue weighted by atomic mass is 10.0. The fourth-order valence-electron chi connectivity index (χ4n) is 1.92. The number of anilines is 2. The first-order chi connectivity index (χ1) is 9.63. The molecule has 4 nitrogen and oxygen atoms in total. The van der Waals surface area contributed by atoms with E-state index in [2.05, 4.69) is 30.2 Å². The molecule has 1 aromatic carbocycles. The van der Waals surface area contributed by atoms with Crippen molar-refractivity contribution < 1.29 is 9.53 Å². The van der Waals surface area contributed by atoms with Crippen molar-refractivity contribution in [3.8, 4) is 0 Å². The number of aromatic nitrogens is 1. The van der Waals surface area contributed by atoms with Gasteiger partial charge in [-0.15, -0.1) is 11.3 Å². The maximum atomic E-state index is 11.8. The van der Waals surface area contributed by atoms with E-state index in [0.717, 1.165) is 10.7 Å². The fraction of sp³-hybridized carbons (Fsp3) is 0.333. The molecule has 0 saturated heterocycles. The average molecular weight is 290 g/mol. The topological polar surface area (TPSA) is 51.2 Å². The van der Waals surface area contributed by atoms with Gasteiger partial charge < -0.3 is 10.1 Å². The van der Waals surface area contributed by atoms with Crippen LogP contribution in [0.4, 0.5) is 10.7 Å². The summed E-state index contributed by atoms with van der Waals surface area (Å²) in [7, 11) is 0. The number of thiazole rings is 1. The van der Waals surface area contributed by atoms with Gasteiger partial charge in [-0.1, -0.05) is 32.0 Å². The van der Waals surface area contributed by atoms with Gasteiger partial charge in [0.25, 0.3) is 0 Å². The highest BCUT2D eigenvalue weighted by Crippen LogP contribution is 2.30. The van der Waals surface area contributed by atoms with Crippen molar-refractivity contribution in [2.24, 2.45) is 0 Å². The van der Waals surface area contributed by atoms with E-state index >= 15 is 0 Å². The number of para-hydroxylation sites is 1. The van der Waals surface area contributed by atoms with Crippen LogP contribution in [0, 0.1) is 0 Å². The van der Waals surface area contributed by atoms with E-state index in [1.54, 1.807) is 12.4 Å². The van der Waals surface area contributed by atoms with Crippen molar-refractivity contribution in [2.45, 2.75) is 26.7 Å². The zero-order valence-corrected chi connectivity index (χ0v) is 12.7. The third kappa shape index (κ3) is 3.17. The molecule has 2 aromatic rings. The molecule has 0 fully saturated rings. The molecule has 0 atom stereocenters. The van der Waals surface area contributed by atoms with Crippen LogP contribution in [0.15, 0.2) is 29.8 Å². The molecule has 0 aliphatic carbocycles. The largest absolute Gasteiger partial charge is 0.461 e. The minimum atomic E-state index is -0.390. The molecule has 2 rings (SSSR count). The summed E-state index contributed by atoms with van der Waals surface area (Å²) in [6.45, 7) is 6.41. The van der Waals surface area contributed by atoms with Gasteiger partial charge in [0.05, 0.1) is 12.1 Å². The number of esters is 1. The number of rotatable bonds is 5. The maximum absolute atomic E-state index is 11.8. The van der Waals surface area contributed by atoms with Crippen LogP contribution < -0.4 is 5.32 Å². The van der Waals surface area contributed by atoms with Gasteiger partial charge in [0.15, 0.2) is 5.69 Å². The summed E-state index contributed by atoms with van der Waals surface area (Å²) in [5.41, 5.74) is 4.19. The summed E-state index contributed by atoms with van der Waals surface area (Å²) in [6, 6.07) is 8.07. The Morgan fingerprint density at radius 1 is 1.40 bits per heavy atom. The first-order valence-electron chi connectivity index (χ1n) is 6.60. The van der Waals surface area contributed by atoms with Crippen LogP contribution in [0.1, 0.15) is 42.7 Å². The van der Waals surface area contributed by atoms with Crippen LogP contribution in [0.5, 0.6) is 0 Å². The minimum absolute atomic E-state index is 0.343. The highest BCUT2D eigenvalue weighted by molar-refractivity contribution is 7.14. The van der Waals surface area contributed by atoms with Crippen LogP contribution >= 0.6 is 11.3 Å². The minimum Gasteiger partial charge on any atom is -0.461 e. The van der Waals surface area contributed by atoms with Gasteiger partial charge in [-0.3, -0.25) is 0 Å². The Bertz CT molecular complexity index is 593. The molecule has 0 bridgehead atoms. The Labute approximate surface area is 122 Å². The van der Waals surface area contributed by atoms with E-state index in [1.807, 2.05) is 18.2 Å². The molecule has 1 aromatic heterocycles. The number of carbonyl (C=O) groups excluding carboxylic acids is 1. The number of nitrogens with one attached hydrogen (secondary N) is 1. The Morgan fingerprint density at radius 2 is 2.15 bits per heavy atom.